The molecule has 6 heteroatoms. The zero-order valence-corrected chi connectivity index (χ0v) is 14.0. The van der Waals surface area contributed by atoms with Crippen LogP contribution < -0.4 is 11.1 Å². The third kappa shape index (κ3) is 3.77. The number of rotatable bonds is 7. The minimum atomic E-state index is 0.384. The highest BCUT2D eigenvalue weighted by atomic mass is 32.1. The van der Waals surface area contributed by atoms with Gasteiger partial charge in [0.2, 0.25) is 0 Å². The predicted molar refractivity (Wildman–Crippen MR) is 93.2 cm³/mol. The van der Waals surface area contributed by atoms with E-state index in [9.17, 15) is 0 Å². The molecule has 0 aliphatic rings. The molecule has 0 saturated heterocycles. The molecule has 0 aliphatic heterocycles. The Bertz CT molecular complexity index is 608. The fraction of sp³-hybridized carbons (Fsp3) is 0.400. The first-order valence-corrected chi connectivity index (χ1v) is 8.45. The van der Waals surface area contributed by atoms with Crippen molar-refractivity contribution in [2.24, 2.45) is 5.73 Å². The Hall–Kier alpha value is -1.53. The van der Waals surface area contributed by atoms with Crippen LogP contribution in [-0.4, -0.2) is 21.7 Å². The van der Waals surface area contributed by atoms with Crippen LogP contribution in [0, 0.1) is 0 Å². The summed E-state index contributed by atoms with van der Waals surface area (Å²) in [5.41, 5.74) is 10.2. The third-order valence-electron chi connectivity index (χ3n) is 3.38. The van der Waals surface area contributed by atoms with Gasteiger partial charge in [-0.05, 0) is 47.2 Å². The number of nitrogens with one attached hydrogen (secondary N) is 1. The smallest absolute Gasteiger partial charge is 0.159 e. The van der Waals surface area contributed by atoms with Crippen molar-refractivity contribution < 1.29 is 0 Å². The van der Waals surface area contributed by atoms with Gasteiger partial charge in [0.1, 0.15) is 4.99 Å². The molecule has 4 nitrogen and oxygen atoms in total. The molecule has 112 valence electrons. The minimum absolute atomic E-state index is 0.384. The molecule has 2 rings (SSSR count). The van der Waals surface area contributed by atoms with Crippen molar-refractivity contribution in [1.29, 1.82) is 0 Å². The van der Waals surface area contributed by atoms with E-state index in [4.69, 9.17) is 18.0 Å². The van der Waals surface area contributed by atoms with Crippen molar-refractivity contribution in [2.45, 2.75) is 33.1 Å². The lowest BCUT2D eigenvalue weighted by Crippen LogP contribution is -2.20. The molecule has 0 aliphatic carbocycles. The molecule has 3 N–H and O–H groups in total. The van der Waals surface area contributed by atoms with Crippen LogP contribution in [0.4, 0.5) is 5.82 Å². The van der Waals surface area contributed by atoms with E-state index in [0.717, 1.165) is 42.6 Å². The van der Waals surface area contributed by atoms with Crippen molar-refractivity contribution >= 4 is 34.4 Å². The summed E-state index contributed by atoms with van der Waals surface area (Å²) in [6, 6.07) is 2.13. The van der Waals surface area contributed by atoms with E-state index in [-0.39, 0.29) is 0 Å². The normalized spacial score (nSPS) is 10.6. The van der Waals surface area contributed by atoms with Gasteiger partial charge in [0, 0.05) is 6.54 Å². The molecule has 0 unspecified atom stereocenters. The average molecular weight is 320 g/mol. The SMILES string of the molecule is CCc1nnc(NCCc2ccsc2)c(C(N)=S)c1CC. The number of hydrogen-bond acceptors (Lipinski definition) is 5. The first-order valence-electron chi connectivity index (χ1n) is 7.10. The van der Waals surface area contributed by atoms with Gasteiger partial charge < -0.3 is 11.1 Å². The predicted octanol–water partition coefficient (Wildman–Crippen LogP) is 2.95. The van der Waals surface area contributed by atoms with Gasteiger partial charge in [0.25, 0.3) is 0 Å². The largest absolute Gasteiger partial charge is 0.389 e. The van der Waals surface area contributed by atoms with Gasteiger partial charge in [-0.2, -0.15) is 16.4 Å². The molecule has 0 bridgehead atoms. The molecule has 0 radical (unpaired) electrons. The maximum atomic E-state index is 5.91. The molecular weight excluding hydrogens is 300 g/mol. The van der Waals surface area contributed by atoms with Crippen molar-refractivity contribution in [3.05, 3.63) is 39.2 Å². The molecule has 0 atom stereocenters. The summed E-state index contributed by atoms with van der Waals surface area (Å²) < 4.78 is 0. The second kappa shape index (κ2) is 7.47. The van der Waals surface area contributed by atoms with Crippen LogP contribution >= 0.6 is 23.6 Å². The molecule has 21 heavy (non-hydrogen) atoms. The fourth-order valence-electron chi connectivity index (χ4n) is 2.32. The number of anilines is 1. The summed E-state index contributed by atoms with van der Waals surface area (Å²) >= 11 is 6.92. The Kier molecular flexibility index (Phi) is 5.64. The molecule has 2 aromatic heterocycles. The topological polar surface area (TPSA) is 63.8 Å². The van der Waals surface area contributed by atoms with E-state index in [2.05, 4.69) is 46.2 Å². The van der Waals surface area contributed by atoms with Crippen LogP contribution in [-0.2, 0) is 19.3 Å². The number of thiocarbonyl (C=S) groups is 1. The standard InChI is InChI=1S/C15H20N4S2/c1-3-11-12(4-2)18-19-15(13(11)14(16)20)17-7-5-10-6-8-21-9-10/h6,8-9H,3-5,7H2,1-2H3,(H2,16,20)(H,17,19). The number of hydrogen-bond donors (Lipinski definition) is 2. The lowest BCUT2D eigenvalue weighted by Gasteiger charge is -2.15. The number of aryl methyl sites for hydroxylation is 1. The Balaban J connectivity index is 2.20. The van der Waals surface area contributed by atoms with Crippen LogP contribution in [0.3, 0.4) is 0 Å². The van der Waals surface area contributed by atoms with Gasteiger partial charge in [-0.1, -0.05) is 26.1 Å². The first-order chi connectivity index (χ1) is 10.2. The average Bonchev–Trinajstić information content (AvgIpc) is 2.99. The zero-order chi connectivity index (χ0) is 15.2. The molecule has 0 amide bonds. The highest BCUT2D eigenvalue weighted by Crippen LogP contribution is 2.21. The summed E-state index contributed by atoms with van der Waals surface area (Å²) in [5, 5.41) is 16.1. The molecule has 0 fully saturated rings. The van der Waals surface area contributed by atoms with E-state index in [1.807, 2.05) is 0 Å². The van der Waals surface area contributed by atoms with Gasteiger partial charge >= 0.3 is 0 Å². The maximum Gasteiger partial charge on any atom is 0.159 e. The third-order valence-corrected chi connectivity index (χ3v) is 4.31. The maximum absolute atomic E-state index is 5.91. The van der Waals surface area contributed by atoms with E-state index in [0.29, 0.717) is 10.8 Å². The van der Waals surface area contributed by atoms with Crippen LogP contribution in [0.5, 0.6) is 0 Å². The lowest BCUT2D eigenvalue weighted by molar-refractivity contribution is 0.868. The Morgan fingerprint density at radius 3 is 2.71 bits per heavy atom. The van der Waals surface area contributed by atoms with Gasteiger partial charge in [0.15, 0.2) is 5.82 Å². The monoisotopic (exact) mass is 320 g/mol. The Morgan fingerprint density at radius 1 is 1.33 bits per heavy atom. The number of thiophene rings is 1. The molecule has 0 aromatic carbocycles. The number of nitrogens with zero attached hydrogens (tertiary/aromatic N) is 2. The quantitative estimate of drug-likeness (QED) is 0.768. The van der Waals surface area contributed by atoms with Crippen molar-refractivity contribution in [2.75, 3.05) is 11.9 Å². The van der Waals surface area contributed by atoms with Crippen molar-refractivity contribution in [3.8, 4) is 0 Å². The van der Waals surface area contributed by atoms with Gasteiger partial charge in [-0.15, -0.1) is 5.10 Å². The highest BCUT2D eigenvalue weighted by Gasteiger charge is 2.16. The molecule has 2 aromatic rings. The first kappa shape index (κ1) is 15.9. The Morgan fingerprint density at radius 2 is 2.14 bits per heavy atom. The van der Waals surface area contributed by atoms with Crippen molar-refractivity contribution in [3.63, 3.8) is 0 Å². The molecule has 0 spiro atoms. The van der Waals surface area contributed by atoms with Crippen LogP contribution in [0.25, 0.3) is 0 Å². The molecule has 2 heterocycles. The Labute approximate surface area is 134 Å². The van der Waals surface area contributed by atoms with Gasteiger partial charge in [-0.25, -0.2) is 0 Å². The second-order valence-electron chi connectivity index (χ2n) is 4.73. The zero-order valence-electron chi connectivity index (χ0n) is 12.3. The highest BCUT2D eigenvalue weighted by molar-refractivity contribution is 7.80. The minimum Gasteiger partial charge on any atom is -0.389 e. The summed E-state index contributed by atoms with van der Waals surface area (Å²) in [4.78, 5) is 0.384. The summed E-state index contributed by atoms with van der Waals surface area (Å²) in [6.07, 6.45) is 2.63. The van der Waals surface area contributed by atoms with Crippen LogP contribution in [0.15, 0.2) is 16.8 Å². The van der Waals surface area contributed by atoms with Crippen LogP contribution in [0.1, 0.15) is 36.2 Å². The second-order valence-corrected chi connectivity index (χ2v) is 5.95. The van der Waals surface area contributed by atoms with E-state index in [1.165, 1.54) is 5.56 Å². The molecular formula is C15H20N4S2. The van der Waals surface area contributed by atoms with E-state index >= 15 is 0 Å². The van der Waals surface area contributed by atoms with Gasteiger partial charge in [0.05, 0.1) is 11.3 Å². The summed E-state index contributed by atoms with van der Waals surface area (Å²) in [5.74, 6) is 0.701. The van der Waals surface area contributed by atoms with Crippen molar-refractivity contribution in [1.82, 2.24) is 10.2 Å². The lowest BCUT2D eigenvalue weighted by atomic mass is 10.0. The fourth-order valence-corrected chi connectivity index (χ4v) is 3.25. The number of nitrogens with two attached hydrogens (primary N) is 1. The molecule has 0 saturated carbocycles. The summed E-state index contributed by atoms with van der Waals surface area (Å²) in [6.45, 7) is 4.94. The summed E-state index contributed by atoms with van der Waals surface area (Å²) in [7, 11) is 0. The number of aromatic nitrogens is 2. The van der Waals surface area contributed by atoms with Crippen LogP contribution in [0.2, 0.25) is 0 Å². The van der Waals surface area contributed by atoms with E-state index < -0.39 is 0 Å². The van der Waals surface area contributed by atoms with Gasteiger partial charge in [-0.3, -0.25) is 0 Å². The van der Waals surface area contributed by atoms with E-state index in [1.54, 1.807) is 11.3 Å².